The Bertz CT molecular complexity index is 370. The van der Waals surface area contributed by atoms with Gasteiger partial charge in [0.05, 0.1) is 5.38 Å². The molecule has 1 aliphatic rings. The molecule has 0 aliphatic heterocycles. The highest BCUT2D eigenvalue weighted by Gasteiger charge is 2.36. The molecule has 2 rings (SSSR count). The fraction of sp³-hybridized carbons (Fsp3) is 0.333. The topological polar surface area (TPSA) is 0 Å². The van der Waals surface area contributed by atoms with Crippen LogP contribution in [0.4, 0.5) is 8.78 Å². The summed E-state index contributed by atoms with van der Waals surface area (Å²) in [5.74, 6) is -2.65. The minimum absolute atomic E-state index is 0.208. The summed E-state index contributed by atoms with van der Waals surface area (Å²) in [7, 11) is 0. The zero-order valence-electron chi connectivity index (χ0n) is 8.09. The predicted molar refractivity (Wildman–Crippen MR) is 58.2 cm³/mol. The van der Waals surface area contributed by atoms with Gasteiger partial charge in [-0.15, -0.1) is 11.6 Å². The first-order valence-electron chi connectivity index (χ1n) is 4.86. The summed E-state index contributed by atoms with van der Waals surface area (Å²) in [6.45, 7) is 0. The molecule has 0 spiro atoms. The average molecular weight is 229 g/mol. The molecule has 1 unspecified atom stereocenters. The van der Waals surface area contributed by atoms with Crippen LogP contribution in [-0.4, -0.2) is 11.3 Å². The molecule has 0 amide bonds. The lowest BCUT2D eigenvalue weighted by molar-refractivity contribution is -0.00506. The number of hydrogen-bond acceptors (Lipinski definition) is 0. The van der Waals surface area contributed by atoms with Crippen molar-refractivity contribution in [1.82, 2.24) is 0 Å². The van der Waals surface area contributed by atoms with E-state index in [1.807, 2.05) is 30.3 Å². The monoisotopic (exact) mass is 228 g/mol. The molecule has 0 aromatic heterocycles. The van der Waals surface area contributed by atoms with Gasteiger partial charge in [0.2, 0.25) is 0 Å². The summed E-state index contributed by atoms with van der Waals surface area (Å²) in [6, 6.07) is 9.44. The second-order valence-electron chi connectivity index (χ2n) is 3.76. The molecular formula is C12H11ClF2. The Balaban J connectivity index is 2.28. The van der Waals surface area contributed by atoms with Crippen LogP contribution in [0.5, 0.6) is 0 Å². The standard InChI is InChI=1S/C12H11ClF2/c13-11-8-12(14,15)7-6-10(11)9-4-2-1-3-5-9/h1-6,11H,7-8H2. The normalized spacial score (nSPS) is 24.7. The van der Waals surface area contributed by atoms with Crippen molar-refractivity contribution in [3.63, 3.8) is 0 Å². The zero-order chi connectivity index (χ0) is 10.9. The van der Waals surface area contributed by atoms with E-state index in [0.29, 0.717) is 0 Å². The van der Waals surface area contributed by atoms with Gasteiger partial charge < -0.3 is 0 Å². The molecular weight excluding hydrogens is 218 g/mol. The third-order valence-corrected chi connectivity index (χ3v) is 2.93. The van der Waals surface area contributed by atoms with Gasteiger partial charge in [-0.25, -0.2) is 8.78 Å². The first-order valence-corrected chi connectivity index (χ1v) is 5.29. The molecule has 80 valence electrons. The Hall–Kier alpha value is -0.890. The summed E-state index contributed by atoms with van der Waals surface area (Å²) in [5, 5.41) is -0.587. The van der Waals surface area contributed by atoms with Crippen molar-refractivity contribution in [2.24, 2.45) is 0 Å². The number of halogens is 3. The van der Waals surface area contributed by atoms with Crippen molar-refractivity contribution < 1.29 is 8.78 Å². The molecule has 1 atom stereocenters. The predicted octanol–water partition coefficient (Wildman–Crippen LogP) is 4.11. The largest absolute Gasteiger partial charge is 0.253 e. The van der Waals surface area contributed by atoms with E-state index < -0.39 is 11.3 Å². The maximum absolute atomic E-state index is 13.0. The first kappa shape index (κ1) is 10.6. The molecule has 0 nitrogen and oxygen atoms in total. The summed E-state index contributed by atoms with van der Waals surface area (Å²) in [4.78, 5) is 0. The van der Waals surface area contributed by atoms with E-state index in [-0.39, 0.29) is 12.8 Å². The number of benzene rings is 1. The van der Waals surface area contributed by atoms with Crippen molar-refractivity contribution in [3.05, 3.63) is 42.0 Å². The van der Waals surface area contributed by atoms with Gasteiger partial charge in [-0.1, -0.05) is 36.4 Å². The van der Waals surface area contributed by atoms with Crippen LogP contribution in [0.15, 0.2) is 36.4 Å². The van der Waals surface area contributed by atoms with Gasteiger partial charge in [-0.05, 0) is 11.1 Å². The van der Waals surface area contributed by atoms with Gasteiger partial charge in [-0.2, -0.15) is 0 Å². The van der Waals surface area contributed by atoms with Crippen molar-refractivity contribution in [2.75, 3.05) is 0 Å². The van der Waals surface area contributed by atoms with Gasteiger partial charge in [0.25, 0.3) is 5.92 Å². The summed E-state index contributed by atoms with van der Waals surface area (Å²) < 4.78 is 26.0. The molecule has 0 bridgehead atoms. The van der Waals surface area contributed by atoms with Crippen molar-refractivity contribution >= 4 is 17.2 Å². The zero-order valence-corrected chi connectivity index (χ0v) is 8.85. The molecule has 0 heterocycles. The SMILES string of the molecule is FC1(F)CC=C(c2ccccc2)C(Cl)C1. The Morgan fingerprint density at radius 2 is 1.87 bits per heavy atom. The second kappa shape index (κ2) is 3.93. The van der Waals surface area contributed by atoms with Crippen molar-refractivity contribution in [1.29, 1.82) is 0 Å². The van der Waals surface area contributed by atoms with Gasteiger partial charge in [0, 0.05) is 12.8 Å². The fourth-order valence-electron chi connectivity index (χ4n) is 1.77. The van der Waals surface area contributed by atoms with E-state index >= 15 is 0 Å². The summed E-state index contributed by atoms with van der Waals surface area (Å²) in [6.07, 6.45) is 1.08. The number of alkyl halides is 3. The van der Waals surface area contributed by atoms with E-state index in [0.717, 1.165) is 11.1 Å². The van der Waals surface area contributed by atoms with E-state index in [2.05, 4.69) is 0 Å². The molecule has 1 aromatic carbocycles. The molecule has 0 fully saturated rings. The molecule has 0 N–H and O–H groups in total. The first-order chi connectivity index (χ1) is 7.08. The highest BCUT2D eigenvalue weighted by Crippen LogP contribution is 2.39. The molecule has 1 aliphatic carbocycles. The number of rotatable bonds is 1. The van der Waals surface area contributed by atoms with Crippen LogP contribution in [-0.2, 0) is 0 Å². The highest BCUT2D eigenvalue weighted by atomic mass is 35.5. The third kappa shape index (κ3) is 2.37. The van der Waals surface area contributed by atoms with Crippen LogP contribution < -0.4 is 0 Å². The lowest BCUT2D eigenvalue weighted by atomic mass is 9.91. The second-order valence-corrected chi connectivity index (χ2v) is 4.28. The Morgan fingerprint density at radius 3 is 2.47 bits per heavy atom. The van der Waals surface area contributed by atoms with E-state index in [9.17, 15) is 8.78 Å². The van der Waals surface area contributed by atoms with E-state index in [1.165, 1.54) is 0 Å². The van der Waals surface area contributed by atoms with Gasteiger partial charge in [0.1, 0.15) is 0 Å². The van der Waals surface area contributed by atoms with Gasteiger partial charge >= 0.3 is 0 Å². The van der Waals surface area contributed by atoms with E-state index in [4.69, 9.17) is 11.6 Å². The Labute approximate surface area is 92.6 Å². The Kier molecular flexibility index (Phi) is 2.79. The van der Waals surface area contributed by atoms with Gasteiger partial charge in [-0.3, -0.25) is 0 Å². The molecule has 0 saturated carbocycles. The van der Waals surface area contributed by atoms with Crippen LogP contribution in [0.1, 0.15) is 18.4 Å². The lowest BCUT2D eigenvalue weighted by Crippen LogP contribution is -2.25. The molecule has 0 saturated heterocycles. The summed E-state index contributed by atoms with van der Waals surface area (Å²) >= 11 is 5.95. The molecule has 0 radical (unpaired) electrons. The molecule has 15 heavy (non-hydrogen) atoms. The summed E-state index contributed by atoms with van der Waals surface area (Å²) in [5.41, 5.74) is 1.76. The van der Waals surface area contributed by atoms with Crippen LogP contribution in [0.3, 0.4) is 0 Å². The van der Waals surface area contributed by atoms with Crippen molar-refractivity contribution in [2.45, 2.75) is 24.1 Å². The van der Waals surface area contributed by atoms with Crippen LogP contribution in [0.25, 0.3) is 5.57 Å². The highest BCUT2D eigenvalue weighted by molar-refractivity contribution is 6.26. The molecule has 3 heteroatoms. The maximum atomic E-state index is 13.0. The lowest BCUT2D eigenvalue weighted by Gasteiger charge is -2.26. The van der Waals surface area contributed by atoms with Crippen molar-refractivity contribution in [3.8, 4) is 0 Å². The van der Waals surface area contributed by atoms with E-state index in [1.54, 1.807) is 6.08 Å². The van der Waals surface area contributed by atoms with Crippen LogP contribution in [0.2, 0.25) is 0 Å². The number of hydrogen-bond donors (Lipinski definition) is 0. The van der Waals surface area contributed by atoms with Crippen LogP contribution >= 0.6 is 11.6 Å². The number of allylic oxidation sites excluding steroid dienone is 2. The van der Waals surface area contributed by atoms with Gasteiger partial charge in [0.15, 0.2) is 0 Å². The minimum Gasteiger partial charge on any atom is -0.206 e. The Morgan fingerprint density at radius 1 is 1.20 bits per heavy atom. The quantitative estimate of drug-likeness (QED) is 0.635. The minimum atomic E-state index is -2.65. The fourth-order valence-corrected chi connectivity index (χ4v) is 2.21. The third-order valence-electron chi connectivity index (χ3n) is 2.54. The van der Waals surface area contributed by atoms with Crippen LogP contribution in [0, 0.1) is 0 Å². The smallest absolute Gasteiger partial charge is 0.206 e. The average Bonchev–Trinajstić information content (AvgIpc) is 2.17. The molecule has 1 aromatic rings. The maximum Gasteiger partial charge on any atom is 0.253 e.